The highest BCUT2D eigenvalue weighted by Gasteiger charge is 2.03. The molecule has 0 atom stereocenters. The number of halogens is 2. The summed E-state index contributed by atoms with van der Waals surface area (Å²) in [7, 11) is 0. The average molecular weight is 288 g/mol. The van der Waals surface area contributed by atoms with Crippen LogP contribution in [0.25, 0.3) is 6.08 Å². The van der Waals surface area contributed by atoms with Crippen LogP contribution in [0.15, 0.2) is 48.5 Å². The van der Waals surface area contributed by atoms with Gasteiger partial charge in [-0.15, -0.1) is 0 Å². The second-order valence-corrected chi connectivity index (χ2v) is 4.47. The lowest BCUT2D eigenvalue weighted by molar-refractivity contribution is 0.306. The third kappa shape index (κ3) is 3.84. The molecule has 2 nitrogen and oxygen atoms in total. The van der Waals surface area contributed by atoms with Crippen molar-refractivity contribution in [2.24, 2.45) is 0 Å². The van der Waals surface area contributed by atoms with E-state index in [1.165, 1.54) is 18.2 Å². The van der Waals surface area contributed by atoms with Gasteiger partial charge in [-0.25, -0.2) is 4.39 Å². The molecular formula is C16H11ClFNO. The average Bonchev–Trinajstić information content (AvgIpc) is 2.46. The summed E-state index contributed by atoms with van der Waals surface area (Å²) in [6, 6.07) is 13.3. The van der Waals surface area contributed by atoms with Gasteiger partial charge in [-0.3, -0.25) is 0 Å². The Bertz CT molecular complexity index is 659. The van der Waals surface area contributed by atoms with Crippen LogP contribution in [0.2, 0.25) is 5.02 Å². The van der Waals surface area contributed by atoms with E-state index in [0.717, 1.165) is 11.1 Å². The van der Waals surface area contributed by atoms with Crippen molar-refractivity contribution in [3.63, 3.8) is 0 Å². The maximum absolute atomic E-state index is 12.8. The quantitative estimate of drug-likeness (QED) is 0.770. The van der Waals surface area contributed by atoms with Crippen LogP contribution >= 0.6 is 11.6 Å². The molecule has 0 saturated carbocycles. The van der Waals surface area contributed by atoms with Gasteiger partial charge in [-0.05, 0) is 41.5 Å². The standard InChI is InChI=1S/C16H11ClFNO/c17-15-10-12(2-1-9-19)5-8-16(15)20-11-13-3-6-14(18)7-4-13/h1-8,10H,11H2/b2-1+. The maximum atomic E-state index is 12.8. The second-order valence-electron chi connectivity index (χ2n) is 4.07. The van der Waals surface area contributed by atoms with Gasteiger partial charge in [0.05, 0.1) is 11.1 Å². The normalized spacial score (nSPS) is 10.4. The summed E-state index contributed by atoms with van der Waals surface area (Å²) in [5, 5.41) is 8.93. The maximum Gasteiger partial charge on any atom is 0.138 e. The number of hydrogen-bond donors (Lipinski definition) is 0. The van der Waals surface area contributed by atoms with Crippen LogP contribution in [-0.4, -0.2) is 0 Å². The third-order valence-electron chi connectivity index (χ3n) is 2.61. The summed E-state index contributed by atoms with van der Waals surface area (Å²) in [5.41, 5.74) is 1.68. The Kier molecular flexibility index (Phi) is 4.75. The van der Waals surface area contributed by atoms with Crippen molar-refractivity contribution in [2.45, 2.75) is 6.61 Å². The van der Waals surface area contributed by atoms with E-state index in [1.807, 2.05) is 6.07 Å². The van der Waals surface area contributed by atoms with Crippen LogP contribution in [0.1, 0.15) is 11.1 Å². The van der Waals surface area contributed by atoms with E-state index in [4.69, 9.17) is 21.6 Å². The Morgan fingerprint density at radius 1 is 1.20 bits per heavy atom. The highest BCUT2D eigenvalue weighted by molar-refractivity contribution is 6.32. The van der Waals surface area contributed by atoms with Crippen LogP contribution < -0.4 is 4.74 Å². The van der Waals surface area contributed by atoms with Crippen LogP contribution in [0, 0.1) is 17.1 Å². The van der Waals surface area contributed by atoms with Gasteiger partial charge in [-0.2, -0.15) is 5.26 Å². The van der Waals surface area contributed by atoms with E-state index < -0.39 is 0 Å². The molecule has 0 spiro atoms. The number of hydrogen-bond acceptors (Lipinski definition) is 2. The summed E-state index contributed by atoms with van der Waals surface area (Å²) in [4.78, 5) is 0. The molecule has 20 heavy (non-hydrogen) atoms. The molecule has 100 valence electrons. The molecule has 0 aliphatic rings. The lowest BCUT2D eigenvalue weighted by Crippen LogP contribution is -1.96. The number of allylic oxidation sites excluding steroid dienone is 1. The van der Waals surface area contributed by atoms with Gasteiger partial charge in [0, 0.05) is 6.08 Å². The molecule has 0 radical (unpaired) electrons. The molecule has 2 aromatic carbocycles. The van der Waals surface area contributed by atoms with Gasteiger partial charge in [0.2, 0.25) is 0 Å². The van der Waals surface area contributed by atoms with E-state index in [9.17, 15) is 4.39 Å². The summed E-state index contributed by atoms with van der Waals surface area (Å²) >= 11 is 6.10. The van der Waals surface area contributed by atoms with Crippen molar-refractivity contribution in [2.75, 3.05) is 0 Å². The smallest absolute Gasteiger partial charge is 0.138 e. The molecule has 0 amide bonds. The Balaban J connectivity index is 2.05. The summed E-state index contributed by atoms with van der Waals surface area (Å²) in [5.74, 6) is 0.269. The van der Waals surface area contributed by atoms with Gasteiger partial charge in [0.25, 0.3) is 0 Å². The lowest BCUT2D eigenvalue weighted by Gasteiger charge is -2.08. The summed E-state index contributed by atoms with van der Waals surface area (Å²) in [6.45, 7) is 0.313. The van der Waals surface area contributed by atoms with Gasteiger partial charge >= 0.3 is 0 Å². The molecule has 0 aromatic heterocycles. The number of benzene rings is 2. The van der Waals surface area contributed by atoms with Crippen molar-refractivity contribution < 1.29 is 9.13 Å². The van der Waals surface area contributed by atoms with Crippen LogP contribution in [0.3, 0.4) is 0 Å². The summed E-state index contributed by atoms with van der Waals surface area (Å²) < 4.78 is 18.3. The second kappa shape index (κ2) is 6.74. The molecule has 4 heteroatoms. The first-order valence-corrected chi connectivity index (χ1v) is 6.30. The van der Waals surface area contributed by atoms with Gasteiger partial charge in [0.15, 0.2) is 0 Å². The Labute approximate surface area is 121 Å². The summed E-state index contributed by atoms with van der Waals surface area (Å²) in [6.07, 6.45) is 3.04. The Hall–Kier alpha value is -2.31. The van der Waals surface area contributed by atoms with Crippen molar-refractivity contribution in [1.82, 2.24) is 0 Å². The van der Waals surface area contributed by atoms with Gasteiger partial charge < -0.3 is 4.74 Å². The molecule has 0 saturated heterocycles. The zero-order valence-corrected chi connectivity index (χ0v) is 11.3. The zero-order chi connectivity index (χ0) is 14.4. The highest BCUT2D eigenvalue weighted by atomic mass is 35.5. The molecule has 0 aliphatic heterocycles. The first kappa shape index (κ1) is 14.1. The van der Waals surface area contributed by atoms with Crippen LogP contribution in [0.4, 0.5) is 4.39 Å². The Morgan fingerprint density at radius 2 is 1.95 bits per heavy atom. The predicted octanol–water partition coefficient (Wildman–Crippen LogP) is 4.59. The van der Waals surface area contributed by atoms with E-state index in [2.05, 4.69) is 0 Å². The molecule has 0 aliphatic carbocycles. The molecule has 2 rings (SSSR count). The first-order valence-electron chi connectivity index (χ1n) is 5.92. The molecule has 0 unspecified atom stereocenters. The van der Waals surface area contributed by atoms with Crippen LogP contribution in [-0.2, 0) is 6.61 Å². The minimum absolute atomic E-state index is 0.277. The third-order valence-corrected chi connectivity index (χ3v) is 2.91. The van der Waals surface area contributed by atoms with Crippen molar-refractivity contribution in [3.8, 4) is 11.8 Å². The highest BCUT2D eigenvalue weighted by Crippen LogP contribution is 2.26. The monoisotopic (exact) mass is 287 g/mol. The lowest BCUT2D eigenvalue weighted by atomic mass is 10.2. The molecular weight excluding hydrogens is 277 g/mol. The number of nitrogens with zero attached hydrogens (tertiary/aromatic N) is 1. The minimum Gasteiger partial charge on any atom is -0.487 e. The predicted molar refractivity (Wildman–Crippen MR) is 76.8 cm³/mol. The van der Waals surface area contributed by atoms with Crippen molar-refractivity contribution in [3.05, 3.63) is 70.5 Å². The fourth-order valence-corrected chi connectivity index (χ4v) is 1.86. The minimum atomic E-state index is -0.277. The first-order chi connectivity index (χ1) is 9.69. The van der Waals surface area contributed by atoms with E-state index >= 15 is 0 Å². The van der Waals surface area contributed by atoms with Crippen molar-refractivity contribution >= 4 is 17.7 Å². The number of rotatable bonds is 4. The number of ether oxygens (including phenoxy) is 1. The van der Waals surface area contributed by atoms with Crippen LogP contribution in [0.5, 0.6) is 5.75 Å². The fourth-order valence-electron chi connectivity index (χ4n) is 1.61. The topological polar surface area (TPSA) is 33.0 Å². The van der Waals surface area contributed by atoms with Gasteiger partial charge in [-0.1, -0.05) is 29.8 Å². The molecule has 2 aromatic rings. The van der Waals surface area contributed by atoms with Gasteiger partial charge in [0.1, 0.15) is 18.2 Å². The van der Waals surface area contributed by atoms with E-state index in [1.54, 1.807) is 36.4 Å². The molecule has 0 bridgehead atoms. The van der Waals surface area contributed by atoms with E-state index in [0.29, 0.717) is 17.4 Å². The van der Waals surface area contributed by atoms with E-state index in [-0.39, 0.29) is 5.82 Å². The van der Waals surface area contributed by atoms with Crippen molar-refractivity contribution in [1.29, 1.82) is 5.26 Å². The number of nitriles is 1. The fraction of sp³-hybridized carbons (Fsp3) is 0.0625. The molecule has 0 N–H and O–H groups in total. The molecule has 0 fully saturated rings. The SMILES string of the molecule is N#C/C=C/c1ccc(OCc2ccc(F)cc2)c(Cl)c1. The zero-order valence-electron chi connectivity index (χ0n) is 10.5. The largest absolute Gasteiger partial charge is 0.487 e. The Morgan fingerprint density at radius 3 is 2.60 bits per heavy atom. The molecule has 0 heterocycles.